The number of carbonyl (C=O) groups excluding carboxylic acids is 2. The van der Waals surface area contributed by atoms with Gasteiger partial charge in [-0.05, 0) is 62.9 Å². The van der Waals surface area contributed by atoms with Gasteiger partial charge >= 0.3 is 0 Å². The van der Waals surface area contributed by atoms with Gasteiger partial charge in [-0.3, -0.25) is 14.4 Å². The summed E-state index contributed by atoms with van der Waals surface area (Å²) < 4.78 is 1.76. The Labute approximate surface area is 193 Å². The molecule has 0 spiro atoms. The highest BCUT2D eigenvalue weighted by atomic mass is 16.2. The van der Waals surface area contributed by atoms with Crippen LogP contribution in [0, 0.1) is 0 Å². The molecule has 0 fully saturated rings. The minimum absolute atomic E-state index is 0.0473. The monoisotopic (exact) mass is 443 g/mol. The van der Waals surface area contributed by atoms with Gasteiger partial charge in [-0.25, -0.2) is 0 Å². The van der Waals surface area contributed by atoms with E-state index in [-0.39, 0.29) is 17.2 Å². The molecule has 2 aromatic carbocycles. The van der Waals surface area contributed by atoms with Crippen molar-refractivity contribution in [2.24, 2.45) is 0 Å². The number of fused-ring (bicyclic) bond motifs is 1. The van der Waals surface area contributed by atoms with Crippen molar-refractivity contribution in [2.45, 2.75) is 45.2 Å². The Balaban J connectivity index is 1.69. The third-order valence-electron chi connectivity index (χ3n) is 6.25. The van der Waals surface area contributed by atoms with Crippen LogP contribution in [-0.2, 0) is 24.2 Å². The topological polar surface area (TPSA) is 80.2 Å². The number of amides is 1. The molecular formula is C27H29N3O3. The zero-order valence-corrected chi connectivity index (χ0v) is 19.1. The van der Waals surface area contributed by atoms with Crippen LogP contribution in [0.1, 0.15) is 52.5 Å². The third kappa shape index (κ3) is 4.96. The first-order chi connectivity index (χ1) is 16.0. The normalized spacial score (nSPS) is 13.8. The number of carbonyl (C=O) groups is 2. The number of pyridine rings is 1. The molecule has 0 unspecified atom stereocenters. The Morgan fingerprint density at radius 1 is 0.970 bits per heavy atom. The molecule has 0 aliphatic heterocycles. The first-order valence-electron chi connectivity index (χ1n) is 11.4. The highest BCUT2D eigenvalue weighted by molar-refractivity contribution is 6.09. The molecule has 4 rings (SSSR count). The summed E-state index contributed by atoms with van der Waals surface area (Å²) in [5.41, 5.74) is 4.31. The standard InChI is InChI=1S/C27H29N3O3/c1-18(28-2)26(32)29-23-16-21-12-6-7-14-24(21)30(27(23)33)17-19-9-8-13-22(15-19)25(31)20-10-4-3-5-11-20/h3-5,8-11,13,15-16,18,28H,6-7,12,14,17H2,1-2H3,(H,29,32)/t18-/m0/s1. The van der Waals surface area contributed by atoms with Crippen LogP contribution in [0.4, 0.5) is 5.69 Å². The summed E-state index contributed by atoms with van der Waals surface area (Å²) in [5.74, 6) is -0.291. The molecule has 1 amide bonds. The minimum Gasteiger partial charge on any atom is -0.320 e. The van der Waals surface area contributed by atoms with Gasteiger partial charge in [-0.1, -0.05) is 48.5 Å². The largest absolute Gasteiger partial charge is 0.320 e. The summed E-state index contributed by atoms with van der Waals surface area (Å²) in [7, 11) is 1.71. The van der Waals surface area contributed by atoms with Gasteiger partial charge in [0.05, 0.1) is 12.6 Å². The second kappa shape index (κ2) is 9.96. The Morgan fingerprint density at radius 3 is 2.45 bits per heavy atom. The number of anilines is 1. The Hall–Kier alpha value is -3.51. The molecule has 1 aliphatic carbocycles. The van der Waals surface area contributed by atoms with E-state index < -0.39 is 6.04 Å². The van der Waals surface area contributed by atoms with E-state index in [4.69, 9.17) is 0 Å². The molecule has 1 aromatic heterocycles. The molecule has 2 N–H and O–H groups in total. The van der Waals surface area contributed by atoms with E-state index in [2.05, 4.69) is 10.6 Å². The molecule has 0 bridgehead atoms. The zero-order valence-electron chi connectivity index (χ0n) is 19.1. The molecule has 0 saturated heterocycles. The molecule has 170 valence electrons. The van der Waals surface area contributed by atoms with Crippen molar-refractivity contribution in [1.82, 2.24) is 9.88 Å². The summed E-state index contributed by atoms with van der Waals surface area (Å²) in [4.78, 5) is 38.7. The van der Waals surface area contributed by atoms with E-state index in [0.29, 0.717) is 23.4 Å². The number of hydrogen-bond donors (Lipinski definition) is 2. The van der Waals surface area contributed by atoms with E-state index in [0.717, 1.165) is 42.5 Å². The molecule has 1 atom stereocenters. The third-order valence-corrected chi connectivity index (χ3v) is 6.25. The smallest absolute Gasteiger partial charge is 0.274 e. The number of likely N-dealkylation sites (N-methyl/N-ethyl adjacent to an activating group) is 1. The fourth-order valence-corrected chi connectivity index (χ4v) is 4.26. The summed E-state index contributed by atoms with van der Waals surface area (Å²) in [5, 5.41) is 5.70. The zero-order chi connectivity index (χ0) is 23.4. The SMILES string of the molecule is CN[C@@H](C)C(=O)Nc1cc2c(n(Cc3cccc(C(=O)c4ccccc4)c3)c1=O)CCCC2. The van der Waals surface area contributed by atoms with Crippen LogP contribution in [0.15, 0.2) is 65.5 Å². The summed E-state index contributed by atoms with van der Waals surface area (Å²) >= 11 is 0. The van der Waals surface area contributed by atoms with Gasteiger partial charge in [-0.2, -0.15) is 0 Å². The second-order valence-electron chi connectivity index (χ2n) is 8.52. The molecule has 1 aliphatic rings. The van der Waals surface area contributed by atoms with E-state index in [9.17, 15) is 14.4 Å². The van der Waals surface area contributed by atoms with Crippen molar-refractivity contribution in [2.75, 3.05) is 12.4 Å². The van der Waals surface area contributed by atoms with E-state index in [1.165, 1.54) is 0 Å². The number of ketones is 1. The van der Waals surface area contributed by atoms with Crippen molar-refractivity contribution in [3.05, 3.63) is 99.0 Å². The number of aromatic nitrogens is 1. The number of rotatable bonds is 7. The van der Waals surface area contributed by atoms with Gasteiger partial charge in [0.15, 0.2) is 5.78 Å². The number of nitrogens with one attached hydrogen (secondary N) is 2. The lowest BCUT2D eigenvalue weighted by Gasteiger charge is -2.23. The highest BCUT2D eigenvalue weighted by Gasteiger charge is 2.20. The summed E-state index contributed by atoms with van der Waals surface area (Å²) in [6, 6.07) is 18.0. The van der Waals surface area contributed by atoms with Gasteiger partial charge in [-0.15, -0.1) is 0 Å². The van der Waals surface area contributed by atoms with Crippen LogP contribution in [-0.4, -0.2) is 29.3 Å². The molecule has 0 saturated carbocycles. The molecule has 33 heavy (non-hydrogen) atoms. The predicted molar refractivity (Wildman–Crippen MR) is 130 cm³/mol. The van der Waals surface area contributed by atoms with E-state index >= 15 is 0 Å². The average Bonchev–Trinajstić information content (AvgIpc) is 2.86. The van der Waals surface area contributed by atoms with Crippen LogP contribution >= 0.6 is 0 Å². The van der Waals surface area contributed by atoms with Crippen LogP contribution in [0.2, 0.25) is 0 Å². The van der Waals surface area contributed by atoms with Gasteiger partial charge in [0.25, 0.3) is 5.56 Å². The van der Waals surface area contributed by atoms with Crippen LogP contribution < -0.4 is 16.2 Å². The number of benzene rings is 2. The van der Waals surface area contributed by atoms with Crippen LogP contribution in [0.25, 0.3) is 0 Å². The van der Waals surface area contributed by atoms with E-state index in [1.807, 2.05) is 42.5 Å². The Morgan fingerprint density at radius 2 is 1.70 bits per heavy atom. The summed E-state index contributed by atoms with van der Waals surface area (Å²) in [6.45, 7) is 2.10. The average molecular weight is 444 g/mol. The lowest BCUT2D eigenvalue weighted by molar-refractivity contribution is -0.117. The summed E-state index contributed by atoms with van der Waals surface area (Å²) in [6.07, 6.45) is 3.80. The minimum atomic E-state index is -0.408. The maximum Gasteiger partial charge on any atom is 0.274 e. The molecule has 3 aromatic rings. The highest BCUT2D eigenvalue weighted by Crippen LogP contribution is 2.23. The molecule has 6 nitrogen and oxygen atoms in total. The van der Waals surface area contributed by atoms with Crippen molar-refractivity contribution in [3.63, 3.8) is 0 Å². The predicted octanol–water partition coefficient (Wildman–Crippen LogP) is 3.55. The van der Waals surface area contributed by atoms with Gasteiger partial charge < -0.3 is 15.2 Å². The Kier molecular flexibility index (Phi) is 6.84. The van der Waals surface area contributed by atoms with Crippen LogP contribution in [0.5, 0.6) is 0 Å². The molecular weight excluding hydrogens is 414 g/mol. The fraction of sp³-hybridized carbons (Fsp3) is 0.296. The lowest BCUT2D eigenvalue weighted by atomic mass is 9.94. The first kappa shape index (κ1) is 22.7. The van der Waals surface area contributed by atoms with Gasteiger partial charge in [0, 0.05) is 16.8 Å². The van der Waals surface area contributed by atoms with Crippen molar-refractivity contribution < 1.29 is 9.59 Å². The fourth-order valence-electron chi connectivity index (χ4n) is 4.26. The van der Waals surface area contributed by atoms with Gasteiger partial charge in [0.1, 0.15) is 5.69 Å². The van der Waals surface area contributed by atoms with E-state index in [1.54, 1.807) is 36.7 Å². The first-order valence-corrected chi connectivity index (χ1v) is 11.4. The molecule has 0 radical (unpaired) electrons. The van der Waals surface area contributed by atoms with Crippen molar-refractivity contribution in [3.8, 4) is 0 Å². The number of hydrogen-bond acceptors (Lipinski definition) is 4. The maximum absolute atomic E-state index is 13.4. The lowest BCUT2D eigenvalue weighted by Crippen LogP contribution is -2.38. The second-order valence-corrected chi connectivity index (χ2v) is 8.52. The quantitative estimate of drug-likeness (QED) is 0.548. The van der Waals surface area contributed by atoms with Crippen molar-refractivity contribution >= 4 is 17.4 Å². The Bertz CT molecular complexity index is 1230. The number of nitrogens with zero attached hydrogens (tertiary/aromatic N) is 1. The molecule has 1 heterocycles. The maximum atomic E-state index is 13.4. The van der Waals surface area contributed by atoms with Crippen molar-refractivity contribution in [1.29, 1.82) is 0 Å². The van der Waals surface area contributed by atoms with Crippen LogP contribution in [0.3, 0.4) is 0 Å². The van der Waals surface area contributed by atoms with Gasteiger partial charge in [0.2, 0.25) is 5.91 Å². The number of aryl methyl sites for hydroxylation is 1. The molecule has 6 heteroatoms.